The first-order valence-corrected chi connectivity index (χ1v) is 8.72. The molecule has 1 fully saturated rings. The van der Waals surface area contributed by atoms with Crippen LogP contribution >= 0.6 is 0 Å². The van der Waals surface area contributed by atoms with E-state index >= 15 is 0 Å². The van der Waals surface area contributed by atoms with Gasteiger partial charge in [0.05, 0.1) is 18.2 Å². The maximum Gasteiger partial charge on any atom is 0.332 e. The van der Waals surface area contributed by atoms with E-state index < -0.39 is 6.23 Å². The average molecular weight is 326 g/mol. The van der Waals surface area contributed by atoms with E-state index in [0.717, 1.165) is 37.0 Å². The SMILES string of the molecule is CCC(CC)C1=CC=COC1n1c(=O)[nH]c2ncc(C3CC3)nc21. The van der Waals surface area contributed by atoms with Crippen molar-refractivity contribution in [3.8, 4) is 0 Å². The third-order valence-corrected chi connectivity index (χ3v) is 4.99. The molecular weight excluding hydrogens is 304 g/mol. The predicted octanol–water partition coefficient (Wildman–Crippen LogP) is 3.40. The van der Waals surface area contributed by atoms with Gasteiger partial charge in [-0.3, -0.25) is 4.98 Å². The van der Waals surface area contributed by atoms with Gasteiger partial charge in [0.25, 0.3) is 0 Å². The van der Waals surface area contributed by atoms with Crippen LogP contribution in [0.2, 0.25) is 0 Å². The predicted molar refractivity (Wildman–Crippen MR) is 91.5 cm³/mol. The molecule has 1 unspecified atom stereocenters. The second-order valence-corrected chi connectivity index (χ2v) is 6.54. The van der Waals surface area contributed by atoms with Crippen LogP contribution in [0.25, 0.3) is 11.3 Å². The summed E-state index contributed by atoms with van der Waals surface area (Å²) in [5.74, 6) is 0.859. The molecule has 6 heteroatoms. The summed E-state index contributed by atoms with van der Waals surface area (Å²) in [5.41, 5.74) is 2.96. The standard InChI is InChI=1S/C18H22N4O2/c1-3-11(4-2)13-6-5-9-24-17(13)22-16-15(21-18(22)23)19-10-14(20-16)12-7-8-12/h5-6,9-12,17H,3-4,7-8H2,1-2H3,(H,19,21,23). The summed E-state index contributed by atoms with van der Waals surface area (Å²) < 4.78 is 7.46. The maximum absolute atomic E-state index is 12.6. The van der Waals surface area contributed by atoms with E-state index in [9.17, 15) is 4.79 Å². The van der Waals surface area contributed by atoms with E-state index in [1.54, 1.807) is 17.0 Å². The largest absolute Gasteiger partial charge is 0.474 e. The third-order valence-electron chi connectivity index (χ3n) is 4.99. The Hall–Kier alpha value is -2.37. The van der Waals surface area contributed by atoms with Crippen molar-refractivity contribution in [3.05, 3.63) is 46.4 Å². The van der Waals surface area contributed by atoms with Gasteiger partial charge in [-0.1, -0.05) is 19.9 Å². The molecule has 1 atom stereocenters. The number of ether oxygens (including phenoxy) is 1. The average Bonchev–Trinajstić information content (AvgIpc) is 3.39. The lowest BCUT2D eigenvalue weighted by atomic mass is 9.91. The fourth-order valence-corrected chi connectivity index (χ4v) is 3.44. The molecule has 2 aromatic rings. The minimum atomic E-state index is -0.454. The van der Waals surface area contributed by atoms with Crippen LogP contribution in [-0.4, -0.2) is 19.5 Å². The van der Waals surface area contributed by atoms with Gasteiger partial charge in [-0.25, -0.2) is 19.3 Å². The van der Waals surface area contributed by atoms with Gasteiger partial charge in [-0.2, -0.15) is 0 Å². The molecule has 6 nitrogen and oxygen atoms in total. The summed E-state index contributed by atoms with van der Waals surface area (Å²) in [6, 6.07) is 0. The zero-order valence-corrected chi connectivity index (χ0v) is 14.0. The van der Waals surface area contributed by atoms with E-state index in [0.29, 0.717) is 23.1 Å². The fraction of sp³-hybridized carbons (Fsp3) is 0.500. The molecule has 0 radical (unpaired) electrons. The zero-order chi connectivity index (χ0) is 16.7. The molecule has 0 bridgehead atoms. The van der Waals surface area contributed by atoms with Crippen molar-refractivity contribution in [2.24, 2.45) is 5.92 Å². The number of nitrogens with one attached hydrogen (secondary N) is 1. The number of imidazole rings is 1. The zero-order valence-electron chi connectivity index (χ0n) is 14.0. The molecular formula is C18H22N4O2. The molecule has 24 heavy (non-hydrogen) atoms. The molecule has 0 saturated heterocycles. The minimum Gasteiger partial charge on any atom is -0.474 e. The Morgan fingerprint density at radius 3 is 2.88 bits per heavy atom. The fourth-order valence-electron chi connectivity index (χ4n) is 3.44. The topological polar surface area (TPSA) is 72.8 Å². The first-order valence-electron chi connectivity index (χ1n) is 8.72. The number of rotatable bonds is 5. The Labute approximate surface area is 140 Å². The van der Waals surface area contributed by atoms with Crippen molar-refractivity contribution in [2.45, 2.75) is 51.7 Å². The van der Waals surface area contributed by atoms with E-state index in [-0.39, 0.29) is 5.69 Å². The van der Waals surface area contributed by atoms with E-state index in [2.05, 4.69) is 29.9 Å². The summed E-state index contributed by atoms with van der Waals surface area (Å²) >= 11 is 0. The lowest BCUT2D eigenvalue weighted by molar-refractivity contribution is 0.0983. The Kier molecular flexibility index (Phi) is 3.75. The van der Waals surface area contributed by atoms with Crippen LogP contribution < -0.4 is 5.69 Å². The van der Waals surface area contributed by atoms with Crippen LogP contribution in [-0.2, 0) is 4.74 Å². The van der Waals surface area contributed by atoms with Gasteiger partial charge in [0.15, 0.2) is 11.3 Å². The third kappa shape index (κ3) is 2.46. The number of fused-ring (bicyclic) bond motifs is 1. The van der Waals surface area contributed by atoms with Crippen LogP contribution in [0.5, 0.6) is 0 Å². The minimum absolute atomic E-state index is 0.227. The maximum atomic E-state index is 12.6. The quantitative estimate of drug-likeness (QED) is 0.914. The van der Waals surface area contributed by atoms with Gasteiger partial charge >= 0.3 is 5.69 Å². The highest BCUT2D eigenvalue weighted by Gasteiger charge is 2.30. The summed E-state index contributed by atoms with van der Waals surface area (Å²) in [5, 5.41) is 0. The molecule has 4 rings (SSSR count). The molecule has 0 spiro atoms. The number of nitrogens with zero attached hydrogens (tertiary/aromatic N) is 3. The second-order valence-electron chi connectivity index (χ2n) is 6.54. The van der Waals surface area contributed by atoms with Crippen molar-refractivity contribution >= 4 is 11.3 Å². The van der Waals surface area contributed by atoms with Crippen LogP contribution in [0.4, 0.5) is 0 Å². The number of aromatic amines is 1. The first kappa shape index (κ1) is 15.2. The number of hydrogen-bond donors (Lipinski definition) is 1. The summed E-state index contributed by atoms with van der Waals surface area (Å²) in [6.07, 6.45) is 11.2. The van der Waals surface area contributed by atoms with Crippen molar-refractivity contribution in [3.63, 3.8) is 0 Å². The van der Waals surface area contributed by atoms with Crippen molar-refractivity contribution < 1.29 is 4.74 Å². The van der Waals surface area contributed by atoms with Crippen LogP contribution in [0.1, 0.15) is 57.4 Å². The van der Waals surface area contributed by atoms with Crippen molar-refractivity contribution in [2.75, 3.05) is 0 Å². The molecule has 1 saturated carbocycles. The number of allylic oxidation sites excluding steroid dienone is 2. The molecule has 2 aromatic heterocycles. The van der Waals surface area contributed by atoms with Crippen molar-refractivity contribution in [1.29, 1.82) is 0 Å². The second kappa shape index (κ2) is 5.92. The van der Waals surface area contributed by atoms with Crippen LogP contribution in [0, 0.1) is 5.92 Å². The van der Waals surface area contributed by atoms with Crippen molar-refractivity contribution in [1.82, 2.24) is 19.5 Å². The highest BCUT2D eigenvalue weighted by atomic mass is 16.5. The van der Waals surface area contributed by atoms with Crippen LogP contribution in [0.15, 0.2) is 35.0 Å². The molecule has 2 aliphatic rings. The Bertz CT molecular complexity index is 869. The van der Waals surface area contributed by atoms with Gasteiger partial charge in [-0.05, 0) is 43.3 Å². The number of aromatic nitrogens is 4. The lowest BCUT2D eigenvalue weighted by Gasteiger charge is -2.28. The Balaban J connectivity index is 1.83. The molecule has 1 aliphatic heterocycles. The highest BCUT2D eigenvalue weighted by molar-refractivity contribution is 5.66. The van der Waals surface area contributed by atoms with Gasteiger partial charge in [0, 0.05) is 5.92 Å². The highest BCUT2D eigenvalue weighted by Crippen LogP contribution is 2.39. The molecule has 0 aromatic carbocycles. The van der Waals surface area contributed by atoms with Gasteiger partial charge in [0.2, 0.25) is 6.23 Å². The van der Waals surface area contributed by atoms with Gasteiger partial charge in [-0.15, -0.1) is 0 Å². The molecule has 126 valence electrons. The first-order chi connectivity index (χ1) is 11.7. The normalized spacial score (nSPS) is 20.5. The lowest BCUT2D eigenvalue weighted by Crippen LogP contribution is -2.28. The smallest absolute Gasteiger partial charge is 0.332 e. The van der Waals surface area contributed by atoms with E-state index in [1.807, 2.05) is 6.08 Å². The Morgan fingerprint density at radius 2 is 2.17 bits per heavy atom. The number of H-pyrrole nitrogens is 1. The monoisotopic (exact) mass is 326 g/mol. The molecule has 1 N–H and O–H groups in total. The van der Waals surface area contributed by atoms with E-state index in [1.165, 1.54) is 0 Å². The summed E-state index contributed by atoms with van der Waals surface area (Å²) in [7, 11) is 0. The van der Waals surface area contributed by atoms with Crippen LogP contribution in [0.3, 0.4) is 0 Å². The molecule has 3 heterocycles. The Morgan fingerprint density at radius 1 is 1.38 bits per heavy atom. The van der Waals surface area contributed by atoms with E-state index in [4.69, 9.17) is 9.72 Å². The number of hydrogen-bond acceptors (Lipinski definition) is 4. The van der Waals surface area contributed by atoms with Gasteiger partial charge < -0.3 is 4.74 Å². The summed E-state index contributed by atoms with van der Waals surface area (Å²) in [4.78, 5) is 24.5. The summed E-state index contributed by atoms with van der Waals surface area (Å²) in [6.45, 7) is 4.32. The molecule has 0 amide bonds. The van der Waals surface area contributed by atoms with Gasteiger partial charge in [0.1, 0.15) is 0 Å². The molecule has 1 aliphatic carbocycles.